The van der Waals surface area contributed by atoms with E-state index in [2.05, 4.69) is 0 Å². The average molecular weight is 187 g/mol. The summed E-state index contributed by atoms with van der Waals surface area (Å²) in [7, 11) is 0. The average Bonchev–Trinajstić information content (AvgIpc) is 2.21. The molecule has 0 radical (unpaired) electrons. The Kier molecular flexibility index (Phi) is 2.81. The van der Waals surface area contributed by atoms with Crippen LogP contribution in [0.1, 0.15) is 33.6 Å². The Morgan fingerprint density at radius 1 is 1.69 bits per heavy atom. The lowest BCUT2D eigenvalue weighted by Gasteiger charge is -2.28. The molecule has 1 aliphatic heterocycles. The molecule has 1 aliphatic rings. The zero-order valence-corrected chi connectivity index (χ0v) is 8.41. The quantitative estimate of drug-likeness (QED) is 0.725. The van der Waals surface area contributed by atoms with Crippen LogP contribution in [0.25, 0.3) is 0 Å². The van der Waals surface area contributed by atoms with Crippen LogP contribution in [0.2, 0.25) is 0 Å². The van der Waals surface area contributed by atoms with Gasteiger partial charge in [0.15, 0.2) is 5.72 Å². The van der Waals surface area contributed by atoms with E-state index < -0.39 is 17.9 Å². The van der Waals surface area contributed by atoms with Crippen LogP contribution in [0, 0.1) is 0 Å². The van der Waals surface area contributed by atoms with Gasteiger partial charge in [-0.25, -0.2) is 4.79 Å². The lowest BCUT2D eigenvalue weighted by molar-refractivity contribution is -0.0780. The molecule has 1 heterocycles. The van der Waals surface area contributed by atoms with Crippen molar-refractivity contribution in [1.29, 1.82) is 0 Å². The molecule has 0 aromatic carbocycles. The van der Waals surface area contributed by atoms with Crippen molar-refractivity contribution in [2.24, 2.45) is 0 Å². The summed E-state index contributed by atoms with van der Waals surface area (Å²) in [6.07, 6.45) is 1.02. The number of unbranched alkanes of at least 4 members (excludes halogenated alkanes) is 1. The smallest absolute Gasteiger partial charge is 0.412 e. The van der Waals surface area contributed by atoms with Crippen LogP contribution in [0.15, 0.2) is 0 Å². The third kappa shape index (κ3) is 1.77. The van der Waals surface area contributed by atoms with Crippen LogP contribution < -0.4 is 0 Å². The molecule has 1 N–H and O–H groups in total. The van der Waals surface area contributed by atoms with E-state index in [4.69, 9.17) is 4.74 Å². The van der Waals surface area contributed by atoms with Gasteiger partial charge in [0, 0.05) is 6.54 Å². The lowest BCUT2D eigenvalue weighted by atomic mass is 10.1. The zero-order valence-electron chi connectivity index (χ0n) is 8.41. The highest BCUT2D eigenvalue weighted by molar-refractivity contribution is 5.71. The van der Waals surface area contributed by atoms with Crippen molar-refractivity contribution in [3.05, 3.63) is 0 Å². The lowest BCUT2D eigenvalue weighted by Crippen LogP contribution is -2.48. The van der Waals surface area contributed by atoms with Crippen molar-refractivity contribution in [1.82, 2.24) is 4.90 Å². The van der Waals surface area contributed by atoms with E-state index in [1.165, 1.54) is 4.90 Å². The maximum Gasteiger partial charge on any atom is 0.412 e. The first-order valence-electron chi connectivity index (χ1n) is 4.70. The molecule has 0 spiro atoms. The molecular weight excluding hydrogens is 170 g/mol. The van der Waals surface area contributed by atoms with Crippen molar-refractivity contribution >= 4 is 6.09 Å². The number of carbonyl (C=O) groups excluding carboxylic acids is 1. The van der Waals surface area contributed by atoms with Gasteiger partial charge in [-0.15, -0.1) is 0 Å². The molecule has 2 atom stereocenters. The predicted molar refractivity (Wildman–Crippen MR) is 48.2 cm³/mol. The number of carbonyl (C=O) groups is 1. The Balaban J connectivity index is 2.65. The van der Waals surface area contributed by atoms with Crippen molar-refractivity contribution < 1.29 is 14.6 Å². The fourth-order valence-electron chi connectivity index (χ4n) is 1.36. The Morgan fingerprint density at radius 2 is 2.31 bits per heavy atom. The van der Waals surface area contributed by atoms with Gasteiger partial charge in [-0.1, -0.05) is 13.3 Å². The van der Waals surface area contributed by atoms with Gasteiger partial charge in [0.2, 0.25) is 0 Å². The summed E-state index contributed by atoms with van der Waals surface area (Å²) in [4.78, 5) is 12.6. The van der Waals surface area contributed by atoms with Crippen LogP contribution in [0.5, 0.6) is 0 Å². The van der Waals surface area contributed by atoms with E-state index in [-0.39, 0.29) is 0 Å². The molecule has 4 heteroatoms. The number of rotatable bonds is 3. The molecule has 13 heavy (non-hydrogen) atoms. The molecule has 0 unspecified atom stereocenters. The number of amides is 1. The first-order chi connectivity index (χ1) is 6.00. The van der Waals surface area contributed by atoms with E-state index in [0.717, 1.165) is 12.8 Å². The third-order valence-electron chi connectivity index (χ3n) is 2.55. The molecule has 0 bridgehead atoms. The number of aliphatic hydroxyl groups is 1. The van der Waals surface area contributed by atoms with Gasteiger partial charge in [0.1, 0.15) is 6.10 Å². The molecule has 0 aromatic heterocycles. The molecule has 0 saturated carbocycles. The fourth-order valence-corrected chi connectivity index (χ4v) is 1.36. The highest BCUT2D eigenvalue weighted by Crippen LogP contribution is 2.27. The maximum atomic E-state index is 11.2. The summed E-state index contributed by atoms with van der Waals surface area (Å²) in [6.45, 7) is 5.91. The van der Waals surface area contributed by atoms with Gasteiger partial charge in [-0.3, -0.25) is 4.90 Å². The van der Waals surface area contributed by atoms with Gasteiger partial charge in [-0.05, 0) is 20.3 Å². The molecule has 1 fully saturated rings. The first kappa shape index (κ1) is 10.3. The third-order valence-corrected chi connectivity index (χ3v) is 2.55. The topological polar surface area (TPSA) is 49.8 Å². The van der Waals surface area contributed by atoms with E-state index in [9.17, 15) is 9.90 Å². The molecule has 1 amide bonds. The Hall–Kier alpha value is -0.770. The monoisotopic (exact) mass is 187 g/mol. The first-order valence-corrected chi connectivity index (χ1v) is 4.70. The standard InChI is InChI=1S/C9H17NO3/c1-4-5-6-10-8(11)13-7(2)9(10,3)12/h7,12H,4-6H2,1-3H3/t7-,9+/m0/s1. The van der Waals surface area contributed by atoms with Crippen LogP contribution in [-0.2, 0) is 4.74 Å². The predicted octanol–water partition coefficient (Wildman–Crippen LogP) is 1.34. The van der Waals surface area contributed by atoms with Crippen molar-refractivity contribution in [3.63, 3.8) is 0 Å². The Morgan fingerprint density at radius 3 is 2.69 bits per heavy atom. The molecule has 1 rings (SSSR count). The maximum absolute atomic E-state index is 11.2. The summed E-state index contributed by atoms with van der Waals surface area (Å²) >= 11 is 0. The molecule has 0 aromatic rings. The Bertz CT molecular complexity index is 203. The fraction of sp³-hybridized carbons (Fsp3) is 0.889. The van der Waals surface area contributed by atoms with Crippen LogP contribution >= 0.6 is 0 Å². The van der Waals surface area contributed by atoms with E-state index in [1.54, 1.807) is 13.8 Å². The molecule has 4 nitrogen and oxygen atoms in total. The summed E-state index contributed by atoms with van der Waals surface area (Å²) in [5, 5.41) is 9.90. The Labute approximate surface area is 78.5 Å². The van der Waals surface area contributed by atoms with Crippen LogP contribution in [0.3, 0.4) is 0 Å². The molecule has 76 valence electrons. The number of ether oxygens (including phenoxy) is 1. The van der Waals surface area contributed by atoms with Crippen molar-refractivity contribution in [3.8, 4) is 0 Å². The van der Waals surface area contributed by atoms with E-state index in [1.807, 2.05) is 6.92 Å². The van der Waals surface area contributed by atoms with Crippen LogP contribution in [-0.4, -0.2) is 34.5 Å². The van der Waals surface area contributed by atoms with Crippen molar-refractivity contribution in [2.45, 2.75) is 45.4 Å². The van der Waals surface area contributed by atoms with Crippen molar-refractivity contribution in [2.75, 3.05) is 6.54 Å². The summed E-state index contributed by atoms with van der Waals surface area (Å²) in [6, 6.07) is 0. The second-order valence-electron chi connectivity index (χ2n) is 3.63. The van der Waals surface area contributed by atoms with E-state index in [0.29, 0.717) is 6.54 Å². The van der Waals surface area contributed by atoms with Gasteiger partial charge in [-0.2, -0.15) is 0 Å². The van der Waals surface area contributed by atoms with Gasteiger partial charge in [0.25, 0.3) is 0 Å². The molecule has 0 aliphatic carbocycles. The van der Waals surface area contributed by atoms with Gasteiger partial charge in [0.05, 0.1) is 0 Å². The zero-order chi connectivity index (χ0) is 10.1. The highest BCUT2D eigenvalue weighted by atomic mass is 16.6. The summed E-state index contributed by atoms with van der Waals surface area (Å²) in [5.74, 6) is 0. The second-order valence-corrected chi connectivity index (χ2v) is 3.63. The molecular formula is C9H17NO3. The number of hydrogen-bond donors (Lipinski definition) is 1. The van der Waals surface area contributed by atoms with Gasteiger partial charge < -0.3 is 9.84 Å². The summed E-state index contributed by atoms with van der Waals surface area (Å²) in [5.41, 5.74) is -1.15. The largest absolute Gasteiger partial charge is 0.441 e. The minimum Gasteiger partial charge on any atom is -0.441 e. The number of cyclic esters (lactones) is 1. The highest BCUT2D eigenvalue weighted by Gasteiger charge is 2.47. The minimum atomic E-state index is -1.15. The minimum absolute atomic E-state index is 0.411. The summed E-state index contributed by atoms with van der Waals surface area (Å²) < 4.78 is 4.92. The van der Waals surface area contributed by atoms with Crippen LogP contribution in [0.4, 0.5) is 4.79 Å². The number of hydrogen-bond acceptors (Lipinski definition) is 3. The number of nitrogens with zero attached hydrogens (tertiary/aromatic N) is 1. The second kappa shape index (κ2) is 3.54. The molecule has 1 saturated heterocycles. The SMILES string of the molecule is CCCCN1C(=O)O[C@@H](C)[C@@]1(C)O. The van der Waals surface area contributed by atoms with Gasteiger partial charge >= 0.3 is 6.09 Å². The normalized spacial score (nSPS) is 33.7. The van der Waals surface area contributed by atoms with E-state index >= 15 is 0 Å².